The van der Waals surface area contributed by atoms with Crippen LogP contribution in [-0.2, 0) is 26.2 Å². The number of aryl methyl sites for hydroxylation is 1. The zero-order valence-corrected chi connectivity index (χ0v) is 22.7. The maximum Gasteiger partial charge on any atom is 0.264 e. The van der Waals surface area contributed by atoms with Gasteiger partial charge >= 0.3 is 0 Å². The summed E-state index contributed by atoms with van der Waals surface area (Å²) in [6, 6.07) is 19.7. The molecule has 0 saturated heterocycles. The number of para-hydroxylation sites is 1. The summed E-state index contributed by atoms with van der Waals surface area (Å²) in [5, 5.41) is 2.84. The molecule has 0 radical (unpaired) electrons. The van der Waals surface area contributed by atoms with E-state index in [1.807, 2.05) is 38.1 Å². The maximum atomic E-state index is 14.9. The van der Waals surface area contributed by atoms with E-state index in [9.17, 15) is 22.4 Å². The molecular formula is C29H34FN3O4S. The number of carbonyl (C=O) groups excluding carboxylic acids is 2. The third kappa shape index (κ3) is 6.98. The lowest BCUT2D eigenvalue weighted by atomic mass is 10.1. The average molecular weight is 540 g/mol. The summed E-state index contributed by atoms with van der Waals surface area (Å²) < 4.78 is 43.0. The Morgan fingerprint density at radius 3 is 2.16 bits per heavy atom. The van der Waals surface area contributed by atoms with Gasteiger partial charge in [-0.3, -0.25) is 13.9 Å². The topological polar surface area (TPSA) is 86.8 Å². The third-order valence-corrected chi connectivity index (χ3v) is 7.91. The van der Waals surface area contributed by atoms with Crippen LogP contribution in [0, 0.1) is 12.7 Å². The molecule has 0 aromatic heterocycles. The summed E-state index contributed by atoms with van der Waals surface area (Å²) >= 11 is 0. The van der Waals surface area contributed by atoms with Crippen LogP contribution in [0.4, 0.5) is 10.1 Å². The molecule has 3 aromatic carbocycles. The van der Waals surface area contributed by atoms with E-state index in [1.54, 1.807) is 25.1 Å². The van der Waals surface area contributed by atoms with Gasteiger partial charge in [-0.1, -0.05) is 74.0 Å². The summed E-state index contributed by atoms with van der Waals surface area (Å²) in [6.07, 6.45) is 1.04. The lowest BCUT2D eigenvalue weighted by Gasteiger charge is -2.33. The quantitative estimate of drug-likeness (QED) is 0.363. The minimum Gasteiger partial charge on any atom is -0.354 e. The minimum atomic E-state index is -4.31. The normalized spacial score (nSPS) is 12.0. The first-order valence-electron chi connectivity index (χ1n) is 12.6. The predicted molar refractivity (Wildman–Crippen MR) is 146 cm³/mol. The van der Waals surface area contributed by atoms with Gasteiger partial charge in [0.1, 0.15) is 18.4 Å². The number of anilines is 1. The van der Waals surface area contributed by atoms with Gasteiger partial charge in [-0.15, -0.1) is 0 Å². The molecule has 3 aromatic rings. The van der Waals surface area contributed by atoms with Crippen LogP contribution < -0.4 is 9.62 Å². The number of rotatable bonds is 12. The zero-order chi connectivity index (χ0) is 27.7. The number of carbonyl (C=O) groups is 2. The Balaban J connectivity index is 2.04. The molecule has 0 aliphatic heterocycles. The number of sulfonamides is 1. The second kappa shape index (κ2) is 13.2. The number of hydrogen-bond acceptors (Lipinski definition) is 4. The van der Waals surface area contributed by atoms with E-state index in [-0.39, 0.29) is 23.0 Å². The van der Waals surface area contributed by atoms with Crippen molar-refractivity contribution in [3.63, 3.8) is 0 Å². The van der Waals surface area contributed by atoms with E-state index in [4.69, 9.17) is 0 Å². The number of nitrogens with one attached hydrogen (secondary N) is 1. The molecular weight excluding hydrogens is 505 g/mol. The van der Waals surface area contributed by atoms with Crippen molar-refractivity contribution in [2.45, 2.75) is 51.1 Å². The van der Waals surface area contributed by atoms with Crippen molar-refractivity contribution in [3.05, 3.63) is 95.8 Å². The molecule has 0 saturated carbocycles. The summed E-state index contributed by atoms with van der Waals surface area (Å²) in [7, 11) is -4.31. The largest absolute Gasteiger partial charge is 0.354 e. The molecule has 1 unspecified atom stereocenters. The van der Waals surface area contributed by atoms with E-state index < -0.39 is 34.3 Å². The fraction of sp³-hybridized carbons (Fsp3) is 0.310. The Hall–Kier alpha value is -3.72. The van der Waals surface area contributed by atoms with Crippen molar-refractivity contribution in [2.24, 2.45) is 0 Å². The monoisotopic (exact) mass is 539 g/mol. The van der Waals surface area contributed by atoms with E-state index >= 15 is 0 Å². The molecule has 202 valence electrons. The van der Waals surface area contributed by atoms with E-state index in [1.165, 1.54) is 35.2 Å². The van der Waals surface area contributed by atoms with Crippen LogP contribution in [0.3, 0.4) is 0 Å². The molecule has 1 N–H and O–H groups in total. The Morgan fingerprint density at radius 1 is 0.921 bits per heavy atom. The Kier molecular flexibility index (Phi) is 10.0. The number of benzene rings is 3. The van der Waals surface area contributed by atoms with Crippen molar-refractivity contribution in [2.75, 3.05) is 17.4 Å². The molecule has 0 aliphatic carbocycles. The van der Waals surface area contributed by atoms with Gasteiger partial charge in [0, 0.05) is 13.1 Å². The van der Waals surface area contributed by atoms with Crippen molar-refractivity contribution in [1.29, 1.82) is 0 Å². The molecule has 9 heteroatoms. The second-order valence-electron chi connectivity index (χ2n) is 9.00. The lowest BCUT2D eigenvalue weighted by Crippen LogP contribution is -2.52. The molecule has 2 amide bonds. The number of nitrogens with zero attached hydrogens (tertiary/aromatic N) is 2. The predicted octanol–water partition coefficient (Wildman–Crippen LogP) is 4.66. The Labute approximate surface area is 224 Å². The molecule has 3 rings (SSSR count). The molecule has 0 aliphatic rings. The zero-order valence-electron chi connectivity index (χ0n) is 21.9. The molecule has 0 spiro atoms. The maximum absolute atomic E-state index is 14.9. The fourth-order valence-electron chi connectivity index (χ4n) is 4.06. The molecule has 0 heterocycles. The number of amides is 2. The van der Waals surface area contributed by atoms with Gasteiger partial charge in [0.25, 0.3) is 10.0 Å². The van der Waals surface area contributed by atoms with Gasteiger partial charge in [0.05, 0.1) is 10.6 Å². The van der Waals surface area contributed by atoms with Gasteiger partial charge in [0.15, 0.2) is 0 Å². The SMILES string of the molecule is CCCNC(=O)C(CC)N(Cc1ccc(C)cc1)C(=O)CN(c1ccccc1F)S(=O)(=O)c1ccccc1. The van der Waals surface area contributed by atoms with Crippen molar-refractivity contribution >= 4 is 27.5 Å². The van der Waals surface area contributed by atoms with Crippen LogP contribution in [0.15, 0.2) is 83.8 Å². The van der Waals surface area contributed by atoms with E-state index in [0.29, 0.717) is 13.0 Å². The number of halogens is 1. The second-order valence-corrected chi connectivity index (χ2v) is 10.9. The summed E-state index contributed by atoms with van der Waals surface area (Å²) in [4.78, 5) is 28.2. The first kappa shape index (κ1) is 28.8. The van der Waals surface area contributed by atoms with Gasteiger partial charge in [-0.2, -0.15) is 0 Å². The van der Waals surface area contributed by atoms with Gasteiger partial charge in [0.2, 0.25) is 11.8 Å². The summed E-state index contributed by atoms with van der Waals surface area (Å²) in [6.45, 7) is 5.53. The summed E-state index contributed by atoms with van der Waals surface area (Å²) in [5.74, 6) is -1.72. The van der Waals surface area contributed by atoms with Crippen molar-refractivity contribution in [3.8, 4) is 0 Å². The van der Waals surface area contributed by atoms with Crippen LogP contribution in [0.1, 0.15) is 37.8 Å². The van der Waals surface area contributed by atoms with Crippen LogP contribution >= 0.6 is 0 Å². The van der Waals surface area contributed by atoms with Gasteiger partial charge in [-0.05, 0) is 49.6 Å². The van der Waals surface area contributed by atoms with Crippen LogP contribution in [0.2, 0.25) is 0 Å². The first-order chi connectivity index (χ1) is 18.2. The van der Waals surface area contributed by atoms with Crippen molar-refractivity contribution < 1.29 is 22.4 Å². The van der Waals surface area contributed by atoms with Crippen LogP contribution in [-0.4, -0.2) is 44.3 Å². The van der Waals surface area contributed by atoms with E-state index in [0.717, 1.165) is 27.9 Å². The summed E-state index contributed by atoms with van der Waals surface area (Å²) in [5.41, 5.74) is 1.58. The van der Waals surface area contributed by atoms with Gasteiger partial charge < -0.3 is 10.2 Å². The standard InChI is InChI=1S/C29H34FN3O4S/c1-4-19-31-29(35)26(5-2)32(20-23-17-15-22(3)16-18-23)28(34)21-33(27-14-10-9-13-25(27)30)38(36,37)24-11-7-6-8-12-24/h6-18,26H,4-5,19-21H2,1-3H3,(H,31,35). The lowest BCUT2D eigenvalue weighted by molar-refractivity contribution is -0.140. The molecule has 1 atom stereocenters. The van der Waals surface area contributed by atoms with Gasteiger partial charge in [-0.25, -0.2) is 12.8 Å². The molecule has 0 bridgehead atoms. The average Bonchev–Trinajstić information content (AvgIpc) is 2.92. The fourth-order valence-corrected chi connectivity index (χ4v) is 5.51. The number of hydrogen-bond donors (Lipinski definition) is 1. The highest BCUT2D eigenvalue weighted by atomic mass is 32.2. The van der Waals surface area contributed by atoms with Crippen LogP contribution in [0.25, 0.3) is 0 Å². The molecule has 38 heavy (non-hydrogen) atoms. The Morgan fingerprint density at radius 2 is 1.55 bits per heavy atom. The third-order valence-electron chi connectivity index (χ3n) is 6.14. The van der Waals surface area contributed by atoms with E-state index in [2.05, 4.69) is 5.32 Å². The highest BCUT2D eigenvalue weighted by Gasteiger charge is 2.34. The van der Waals surface area contributed by atoms with Crippen LogP contribution in [0.5, 0.6) is 0 Å². The minimum absolute atomic E-state index is 0.0751. The molecule has 7 nitrogen and oxygen atoms in total. The van der Waals surface area contributed by atoms with Crippen molar-refractivity contribution in [1.82, 2.24) is 10.2 Å². The highest BCUT2D eigenvalue weighted by molar-refractivity contribution is 7.92. The highest BCUT2D eigenvalue weighted by Crippen LogP contribution is 2.27. The smallest absolute Gasteiger partial charge is 0.264 e. The molecule has 0 fully saturated rings. The first-order valence-corrected chi connectivity index (χ1v) is 14.1. The Bertz CT molecular complexity index is 1330.